The van der Waals surface area contributed by atoms with E-state index >= 15 is 0 Å². The molecular weight excluding hydrogens is 149 g/mol. The van der Waals surface area contributed by atoms with Gasteiger partial charge in [-0.2, -0.15) is 0 Å². The van der Waals surface area contributed by atoms with Crippen molar-refractivity contribution in [2.24, 2.45) is 5.92 Å². The third-order valence-electron chi connectivity index (χ3n) is 1.98. The van der Waals surface area contributed by atoms with Gasteiger partial charge in [0.05, 0.1) is 6.67 Å². The van der Waals surface area contributed by atoms with Gasteiger partial charge in [0.1, 0.15) is 6.04 Å². The van der Waals surface area contributed by atoms with Crippen LogP contribution < -0.4 is 5.73 Å². The van der Waals surface area contributed by atoms with Crippen LogP contribution in [0.3, 0.4) is 0 Å². The summed E-state index contributed by atoms with van der Waals surface area (Å²) in [7, 11) is 0. The molecule has 0 bridgehead atoms. The number of aliphatic carboxylic acids is 1. The molecule has 0 radical (unpaired) electrons. The second kappa shape index (κ2) is 3.00. The van der Waals surface area contributed by atoms with E-state index in [1.165, 1.54) is 6.08 Å². The van der Waals surface area contributed by atoms with Gasteiger partial charge in [0, 0.05) is 11.5 Å². The lowest BCUT2D eigenvalue weighted by atomic mass is 10.0. The van der Waals surface area contributed by atoms with Crippen molar-refractivity contribution < 1.29 is 20.0 Å². The van der Waals surface area contributed by atoms with Crippen molar-refractivity contribution in [1.29, 1.82) is 0 Å². The molecule has 1 rings (SSSR count). The summed E-state index contributed by atoms with van der Waals surface area (Å²) in [6, 6.07) is -0.175. The molecule has 0 amide bonds. The standard InChI is InChI=1S/C7H10FNO2/c8-3-5-1-4(7(10)11)2-6(5)9/h2,5-6H,1,3,9H2,(H,10,11)/p+1/t5-,6-/m0/s1. The highest BCUT2D eigenvalue weighted by molar-refractivity contribution is 5.87. The van der Waals surface area contributed by atoms with Crippen molar-refractivity contribution in [2.45, 2.75) is 12.5 Å². The maximum absolute atomic E-state index is 12.1. The van der Waals surface area contributed by atoms with Crippen LogP contribution in [0.1, 0.15) is 6.42 Å². The van der Waals surface area contributed by atoms with Gasteiger partial charge in [0.2, 0.25) is 0 Å². The third-order valence-corrected chi connectivity index (χ3v) is 1.98. The smallest absolute Gasteiger partial charge is 0.331 e. The van der Waals surface area contributed by atoms with Gasteiger partial charge < -0.3 is 10.8 Å². The van der Waals surface area contributed by atoms with Crippen molar-refractivity contribution in [3.05, 3.63) is 11.6 Å². The van der Waals surface area contributed by atoms with E-state index in [4.69, 9.17) is 5.11 Å². The molecule has 1 aliphatic rings. The monoisotopic (exact) mass is 160 g/mol. The molecule has 4 N–H and O–H groups in total. The van der Waals surface area contributed by atoms with E-state index < -0.39 is 12.6 Å². The van der Waals surface area contributed by atoms with Crippen molar-refractivity contribution in [3.8, 4) is 0 Å². The average Bonchev–Trinajstić information content (AvgIpc) is 2.31. The zero-order valence-corrected chi connectivity index (χ0v) is 6.09. The minimum absolute atomic E-state index is 0.175. The summed E-state index contributed by atoms with van der Waals surface area (Å²) in [5.74, 6) is -1.17. The summed E-state index contributed by atoms with van der Waals surface area (Å²) < 4.78 is 12.1. The number of quaternary nitrogens is 1. The van der Waals surface area contributed by atoms with Gasteiger partial charge in [-0.15, -0.1) is 0 Å². The molecule has 0 unspecified atom stereocenters. The van der Waals surface area contributed by atoms with Crippen LogP contribution >= 0.6 is 0 Å². The Balaban J connectivity index is 2.63. The highest BCUT2D eigenvalue weighted by Gasteiger charge is 2.30. The highest BCUT2D eigenvalue weighted by atomic mass is 19.1. The molecule has 0 saturated heterocycles. The number of carbonyl (C=O) groups is 1. The Bertz CT molecular complexity index is 203. The van der Waals surface area contributed by atoms with Gasteiger partial charge in [0.25, 0.3) is 0 Å². The first-order valence-corrected chi connectivity index (χ1v) is 3.48. The fourth-order valence-electron chi connectivity index (χ4n) is 1.22. The molecule has 0 aliphatic heterocycles. The molecule has 0 saturated carbocycles. The zero-order valence-electron chi connectivity index (χ0n) is 6.09. The number of rotatable bonds is 2. The lowest BCUT2D eigenvalue weighted by Gasteiger charge is -2.05. The molecule has 0 aromatic rings. The predicted octanol–water partition coefficient (Wildman–Crippen LogP) is -0.403. The van der Waals surface area contributed by atoms with Crippen LogP contribution in [0.2, 0.25) is 0 Å². The molecule has 0 heterocycles. The Hall–Kier alpha value is -0.900. The Labute approximate surface area is 63.7 Å². The van der Waals surface area contributed by atoms with E-state index in [-0.39, 0.29) is 12.0 Å². The molecule has 0 fully saturated rings. The Morgan fingerprint density at radius 3 is 2.82 bits per heavy atom. The van der Waals surface area contributed by atoms with E-state index in [9.17, 15) is 9.18 Å². The largest absolute Gasteiger partial charge is 0.478 e. The molecule has 11 heavy (non-hydrogen) atoms. The Morgan fingerprint density at radius 1 is 1.91 bits per heavy atom. The number of carboxylic acid groups (broad SMARTS) is 1. The normalized spacial score (nSPS) is 30.2. The number of hydrogen-bond acceptors (Lipinski definition) is 1. The fraction of sp³-hybridized carbons (Fsp3) is 0.571. The fourth-order valence-corrected chi connectivity index (χ4v) is 1.22. The summed E-state index contributed by atoms with van der Waals surface area (Å²) >= 11 is 0. The van der Waals surface area contributed by atoms with Crippen LogP contribution in [0.25, 0.3) is 0 Å². The second-order valence-electron chi connectivity index (χ2n) is 2.78. The van der Waals surface area contributed by atoms with Crippen molar-refractivity contribution in [1.82, 2.24) is 0 Å². The summed E-state index contributed by atoms with van der Waals surface area (Å²) in [4.78, 5) is 10.4. The van der Waals surface area contributed by atoms with E-state index in [1.54, 1.807) is 0 Å². The number of hydrogen-bond donors (Lipinski definition) is 2. The zero-order chi connectivity index (χ0) is 8.43. The topological polar surface area (TPSA) is 64.9 Å². The van der Waals surface area contributed by atoms with Gasteiger partial charge in [-0.1, -0.05) is 0 Å². The lowest BCUT2D eigenvalue weighted by molar-refractivity contribution is -0.414. The van der Waals surface area contributed by atoms with Gasteiger partial charge in [0.15, 0.2) is 0 Å². The van der Waals surface area contributed by atoms with Crippen LogP contribution in [0.15, 0.2) is 11.6 Å². The molecule has 0 aromatic heterocycles. The van der Waals surface area contributed by atoms with Gasteiger partial charge >= 0.3 is 5.97 Å². The summed E-state index contributed by atoms with van der Waals surface area (Å²) in [6.45, 7) is -0.485. The molecule has 0 aromatic carbocycles. The Morgan fingerprint density at radius 2 is 2.55 bits per heavy atom. The summed E-state index contributed by atoms with van der Waals surface area (Å²) in [5.41, 5.74) is 3.94. The minimum atomic E-state index is -0.949. The van der Waals surface area contributed by atoms with Crippen LogP contribution in [0.4, 0.5) is 4.39 Å². The molecule has 0 spiro atoms. The van der Waals surface area contributed by atoms with E-state index in [0.717, 1.165) is 0 Å². The SMILES string of the molecule is [NH3+][C@H]1C=C(C(=O)O)C[C@H]1CF. The first-order valence-electron chi connectivity index (χ1n) is 3.48. The van der Waals surface area contributed by atoms with Crippen LogP contribution in [0, 0.1) is 5.92 Å². The number of alkyl halides is 1. The van der Waals surface area contributed by atoms with E-state index in [1.807, 2.05) is 0 Å². The minimum Gasteiger partial charge on any atom is -0.478 e. The summed E-state index contributed by atoms with van der Waals surface area (Å²) in [6.07, 6.45) is 1.85. The van der Waals surface area contributed by atoms with Crippen molar-refractivity contribution in [2.75, 3.05) is 6.67 Å². The number of halogens is 1. The maximum atomic E-state index is 12.1. The molecule has 1 aliphatic carbocycles. The van der Waals surface area contributed by atoms with Crippen molar-refractivity contribution >= 4 is 5.97 Å². The molecular formula is C7H11FNO2+. The average molecular weight is 160 g/mol. The predicted molar refractivity (Wildman–Crippen MR) is 36.5 cm³/mol. The lowest BCUT2D eigenvalue weighted by Crippen LogP contribution is -2.62. The molecule has 3 nitrogen and oxygen atoms in total. The quantitative estimate of drug-likeness (QED) is 0.577. The first-order chi connectivity index (χ1) is 5.15. The van der Waals surface area contributed by atoms with E-state index in [0.29, 0.717) is 12.0 Å². The number of carboxylic acids is 1. The van der Waals surface area contributed by atoms with Gasteiger partial charge in [-0.3, -0.25) is 4.39 Å². The first kappa shape index (κ1) is 8.20. The maximum Gasteiger partial charge on any atom is 0.331 e. The molecule has 4 heteroatoms. The second-order valence-corrected chi connectivity index (χ2v) is 2.78. The van der Waals surface area contributed by atoms with E-state index in [2.05, 4.69) is 5.73 Å². The summed E-state index contributed by atoms with van der Waals surface area (Å²) in [5, 5.41) is 8.53. The van der Waals surface area contributed by atoms with Crippen LogP contribution in [0.5, 0.6) is 0 Å². The third kappa shape index (κ3) is 1.57. The van der Waals surface area contributed by atoms with Crippen molar-refractivity contribution in [3.63, 3.8) is 0 Å². The molecule has 2 atom stereocenters. The van der Waals surface area contributed by atoms with Gasteiger partial charge in [-0.05, 0) is 12.5 Å². The Kier molecular flexibility index (Phi) is 2.24. The molecule has 62 valence electrons. The highest BCUT2D eigenvalue weighted by Crippen LogP contribution is 2.23. The van der Waals surface area contributed by atoms with Crippen LogP contribution in [-0.2, 0) is 4.79 Å². The van der Waals surface area contributed by atoms with Gasteiger partial charge in [-0.25, -0.2) is 4.79 Å². The van der Waals surface area contributed by atoms with Crippen LogP contribution in [-0.4, -0.2) is 23.8 Å².